The van der Waals surface area contributed by atoms with Gasteiger partial charge < -0.3 is 0 Å². The van der Waals surface area contributed by atoms with Crippen LogP contribution in [-0.4, -0.2) is 9.78 Å². The second-order valence-corrected chi connectivity index (χ2v) is 4.11. The van der Waals surface area contributed by atoms with Crippen molar-refractivity contribution in [2.75, 3.05) is 0 Å². The Hall–Kier alpha value is -2.11. The lowest BCUT2D eigenvalue weighted by atomic mass is 10.1. The first-order valence-corrected chi connectivity index (χ1v) is 5.60. The normalized spacial score (nSPS) is 13.3. The first-order chi connectivity index (χ1) is 8.89. The van der Waals surface area contributed by atoms with E-state index in [1.807, 2.05) is 0 Å². The van der Waals surface area contributed by atoms with Crippen LogP contribution in [0.4, 0.5) is 13.2 Å². The molecule has 0 saturated carbocycles. The van der Waals surface area contributed by atoms with Crippen molar-refractivity contribution >= 4 is 0 Å². The third-order valence-electron chi connectivity index (χ3n) is 2.80. The number of benzene rings is 1. The molecule has 0 radical (unpaired) electrons. The van der Waals surface area contributed by atoms with Crippen molar-refractivity contribution < 1.29 is 13.2 Å². The molecular weight excluding hydrogens is 257 g/mol. The highest BCUT2D eigenvalue weighted by molar-refractivity contribution is 5.28. The molecule has 0 aliphatic carbocycles. The Bertz CT molecular complexity index is 634. The van der Waals surface area contributed by atoms with Crippen LogP contribution < -0.4 is 5.56 Å². The maximum atomic E-state index is 12.6. The molecule has 2 aromatic rings. The zero-order valence-corrected chi connectivity index (χ0v) is 10.1. The number of hydrogen-bond donors (Lipinski definition) is 0. The minimum Gasteiger partial charge on any atom is -0.268 e. The van der Waals surface area contributed by atoms with Crippen molar-refractivity contribution in [1.29, 1.82) is 0 Å². The average Bonchev–Trinajstić information content (AvgIpc) is 2.38. The van der Waals surface area contributed by atoms with Crippen molar-refractivity contribution in [2.45, 2.75) is 19.1 Å². The standard InChI is InChI=1S/C13H11F3N2O/c1-9(18-12(19)6-3-7-17-18)10-4-2-5-11(8-10)13(14,15)16/h2-9H,1H3. The van der Waals surface area contributed by atoms with Gasteiger partial charge in [0.2, 0.25) is 0 Å². The van der Waals surface area contributed by atoms with Crippen molar-refractivity contribution in [3.05, 3.63) is 64.1 Å². The molecule has 1 aromatic heterocycles. The molecule has 1 aromatic carbocycles. The van der Waals surface area contributed by atoms with E-state index < -0.39 is 17.8 Å². The molecule has 0 spiro atoms. The third-order valence-corrected chi connectivity index (χ3v) is 2.80. The minimum absolute atomic E-state index is 0.354. The van der Waals surface area contributed by atoms with E-state index in [-0.39, 0.29) is 5.56 Å². The fourth-order valence-corrected chi connectivity index (χ4v) is 1.78. The highest BCUT2D eigenvalue weighted by Crippen LogP contribution is 2.31. The van der Waals surface area contributed by atoms with E-state index in [1.165, 1.54) is 24.4 Å². The van der Waals surface area contributed by atoms with Crippen LogP contribution in [-0.2, 0) is 6.18 Å². The van der Waals surface area contributed by atoms with Gasteiger partial charge in [-0.2, -0.15) is 18.3 Å². The first-order valence-electron chi connectivity index (χ1n) is 5.60. The lowest BCUT2D eigenvalue weighted by Crippen LogP contribution is -2.25. The van der Waals surface area contributed by atoms with Crippen LogP contribution in [0.5, 0.6) is 0 Å². The van der Waals surface area contributed by atoms with Gasteiger partial charge in [0.1, 0.15) is 0 Å². The predicted molar refractivity (Wildman–Crippen MR) is 63.8 cm³/mol. The molecule has 19 heavy (non-hydrogen) atoms. The van der Waals surface area contributed by atoms with Crippen LogP contribution in [0.25, 0.3) is 0 Å². The number of alkyl halides is 3. The Kier molecular flexibility index (Phi) is 3.42. The maximum absolute atomic E-state index is 12.6. The van der Waals surface area contributed by atoms with E-state index in [2.05, 4.69) is 5.10 Å². The zero-order chi connectivity index (χ0) is 14.0. The first kappa shape index (κ1) is 13.3. The molecular formula is C13H11F3N2O. The van der Waals surface area contributed by atoms with Gasteiger partial charge in [-0.25, -0.2) is 4.68 Å². The highest BCUT2D eigenvalue weighted by Gasteiger charge is 2.30. The van der Waals surface area contributed by atoms with Crippen molar-refractivity contribution in [2.24, 2.45) is 0 Å². The van der Waals surface area contributed by atoms with Gasteiger partial charge in [-0.3, -0.25) is 4.79 Å². The zero-order valence-electron chi connectivity index (χ0n) is 10.1. The van der Waals surface area contributed by atoms with Gasteiger partial charge in [0.25, 0.3) is 5.56 Å². The summed E-state index contributed by atoms with van der Waals surface area (Å²) in [7, 11) is 0. The lowest BCUT2D eigenvalue weighted by molar-refractivity contribution is -0.137. The summed E-state index contributed by atoms with van der Waals surface area (Å²) in [5.74, 6) is 0. The largest absolute Gasteiger partial charge is 0.416 e. The van der Waals surface area contributed by atoms with Gasteiger partial charge in [-0.1, -0.05) is 12.1 Å². The quantitative estimate of drug-likeness (QED) is 0.839. The van der Waals surface area contributed by atoms with Gasteiger partial charge >= 0.3 is 6.18 Å². The molecule has 0 N–H and O–H groups in total. The Morgan fingerprint density at radius 3 is 2.58 bits per heavy atom. The van der Waals surface area contributed by atoms with Crippen LogP contribution in [0.1, 0.15) is 24.1 Å². The van der Waals surface area contributed by atoms with E-state index in [1.54, 1.807) is 13.0 Å². The summed E-state index contributed by atoms with van der Waals surface area (Å²) in [6.45, 7) is 1.63. The predicted octanol–water partition coefficient (Wildman–Crippen LogP) is 2.87. The number of halogens is 3. The Morgan fingerprint density at radius 1 is 1.21 bits per heavy atom. The average molecular weight is 268 g/mol. The van der Waals surface area contributed by atoms with Gasteiger partial charge in [0, 0.05) is 12.3 Å². The molecule has 1 unspecified atom stereocenters. The molecule has 3 nitrogen and oxygen atoms in total. The van der Waals surface area contributed by atoms with Gasteiger partial charge in [0.15, 0.2) is 0 Å². The molecule has 0 aliphatic rings. The molecule has 2 rings (SSSR count). The second kappa shape index (κ2) is 4.87. The van der Waals surface area contributed by atoms with Crippen LogP contribution in [0.2, 0.25) is 0 Å². The number of hydrogen-bond acceptors (Lipinski definition) is 2. The Labute approximate surface area is 107 Å². The summed E-state index contributed by atoms with van der Waals surface area (Å²) in [6, 6.07) is 7.14. The summed E-state index contributed by atoms with van der Waals surface area (Å²) >= 11 is 0. The lowest BCUT2D eigenvalue weighted by Gasteiger charge is -2.15. The molecule has 0 aliphatic heterocycles. The fourth-order valence-electron chi connectivity index (χ4n) is 1.78. The van der Waals surface area contributed by atoms with Crippen molar-refractivity contribution in [1.82, 2.24) is 9.78 Å². The summed E-state index contributed by atoms with van der Waals surface area (Å²) in [6.07, 6.45) is -2.98. The van der Waals surface area contributed by atoms with E-state index >= 15 is 0 Å². The van der Waals surface area contributed by atoms with Crippen molar-refractivity contribution in [3.8, 4) is 0 Å². The van der Waals surface area contributed by atoms with Crippen LogP contribution in [0.15, 0.2) is 47.4 Å². The Balaban J connectivity index is 2.43. The molecule has 0 amide bonds. The SMILES string of the molecule is CC(c1cccc(C(F)(F)F)c1)n1ncccc1=O. The van der Waals surface area contributed by atoms with Gasteiger partial charge in [-0.15, -0.1) is 0 Å². The molecule has 0 fully saturated rings. The summed E-state index contributed by atoms with van der Waals surface area (Å²) in [5.41, 5.74) is -0.705. The van der Waals surface area contributed by atoms with Crippen LogP contribution in [0.3, 0.4) is 0 Å². The second-order valence-electron chi connectivity index (χ2n) is 4.11. The number of nitrogens with zero attached hydrogens (tertiary/aromatic N) is 2. The fraction of sp³-hybridized carbons (Fsp3) is 0.231. The maximum Gasteiger partial charge on any atom is 0.416 e. The van der Waals surface area contributed by atoms with E-state index in [0.29, 0.717) is 5.56 Å². The third kappa shape index (κ3) is 2.83. The number of rotatable bonds is 2. The van der Waals surface area contributed by atoms with Crippen molar-refractivity contribution in [3.63, 3.8) is 0 Å². The van der Waals surface area contributed by atoms with Gasteiger partial charge in [0.05, 0.1) is 11.6 Å². The minimum atomic E-state index is -4.40. The Morgan fingerprint density at radius 2 is 1.95 bits per heavy atom. The summed E-state index contributed by atoms with van der Waals surface area (Å²) < 4.78 is 39.0. The summed E-state index contributed by atoms with van der Waals surface area (Å²) in [5, 5.41) is 3.87. The summed E-state index contributed by atoms with van der Waals surface area (Å²) in [4.78, 5) is 11.6. The topological polar surface area (TPSA) is 34.9 Å². The number of aromatic nitrogens is 2. The monoisotopic (exact) mass is 268 g/mol. The smallest absolute Gasteiger partial charge is 0.268 e. The molecule has 0 bridgehead atoms. The van der Waals surface area contributed by atoms with E-state index in [0.717, 1.165) is 16.8 Å². The molecule has 1 atom stereocenters. The van der Waals surface area contributed by atoms with Crippen LogP contribution >= 0.6 is 0 Å². The molecule has 100 valence electrons. The van der Waals surface area contributed by atoms with E-state index in [9.17, 15) is 18.0 Å². The molecule has 6 heteroatoms. The molecule has 1 heterocycles. The van der Waals surface area contributed by atoms with Gasteiger partial charge in [-0.05, 0) is 30.7 Å². The van der Waals surface area contributed by atoms with E-state index in [4.69, 9.17) is 0 Å². The highest BCUT2D eigenvalue weighted by atomic mass is 19.4. The van der Waals surface area contributed by atoms with Crippen LogP contribution in [0, 0.1) is 0 Å². The molecule has 0 saturated heterocycles.